The van der Waals surface area contributed by atoms with E-state index < -0.39 is 12.1 Å². The highest BCUT2D eigenvalue weighted by atomic mass is 16.5. The molecular weight excluding hydrogens is 344 g/mol. The fraction of sp³-hybridized carbons (Fsp3) is 0.286. The number of nitrogens with one attached hydrogen (secondary N) is 1. The normalized spacial score (nSPS) is 16.4. The van der Waals surface area contributed by atoms with Crippen molar-refractivity contribution in [1.82, 2.24) is 0 Å². The van der Waals surface area contributed by atoms with Crippen molar-refractivity contribution >= 4 is 29.2 Å². The first-order valence-electron chi connectivity index (χ1n) is 8.86. The van der Waals surface area contributed by atoms with Crippen LogP contribution in [0.2, 0.25) is 0 Å². The van der Waals surface area contributed by atoms with Gasteiger partial charge in [-0.3, -0.25) is 9.59 Å². The molecular formula is C21H22N2O4. The standard InChI is InChI=1S/C21H22N2O4/c1-13-12-17-6-4-5-7-19(17)23(13)20(25)14(2)27-21(26)16-8-10-18(11-9-16)22-15(3)24/h4-11,13-14H,12H2,1-3H3,(H,22,24)/t13-,14-/m0/s1. The first-order chi connectivity index (χ1) is 12.9. The van der Waals surface area contributed by atoms with Gasteiger partial charge in [-0.25, -0.2) is 4.79 Å². The summed E-state index contributed by atoms with van der Waals surface area (Å²) < 4.78 is 5.38. The van der Waals surface area contributed by atoms with Gasteiger partial charge in [0.15, 0.2) is 6.10 Å². The molecule has 1 aliphatic heterocycles. The van der Waals surface area contributed by atoms with Crippen molar-refractivity contribution in [3.8, 4) is 0 Å². The fourth-order valence-electron chi connectivity index (χ4n) is 3.27. The van der Waals surface area contributed by atoms with Gasteiger partial charge >= 0.3 is 5.97 Å². The zero-order chi connectivity index (χ0) is 19.6. The summed E-state index contributed by atoms with van der Waals surface area (Å²) in [5.41, 5.74) is 2.90. The highest BCUT2D eigenvalue weighted by Crippen LogP contribution is 2.32. The van der Waals surface area contributed by atoms with Gasteiger partial charge in [0.2, 0.25) is 5.91 Å². The molecule has 2 atom stereocenters. The van der Waals surface area contributed by atoms with Gasteiger partial charge in [-0.05, 0) is 56.2 Å². The van der Waals surface area contributed by atoms with E-state index in [0.29, 0.717) is 11.3 Å². The summed E-state index contributed by atoms with van der Waals surface area (Å²) in [7, 11) is 0. The molecule has 27 heavy (non-hydrogen) atoms. The second-order valence-electron chi connectivity index (χ2n) is 6.70. The highest BCUT2D eigenvalue weighted by Gasteiger charge is 2.34. The first-order valence-corrected chi connectivity index (χ1v) is 8.86. The Balaban J connectivity index is 1.68. The van der Waals surface area contributed by atoms with E-state index in [2.05, 4.69) is 5.32 Å². The zero-order valence-electron chi connectivity index (χ0n) is 15.6. The number of rotatable bonds is 4. The van der Waals surface area contributed by atoms with Gasteiger partial charge in [-0.15, -0.1) is 0 Å². The third kappa shape index (κ3) is 4.00. The molecule has 1 heterocycles. The third-order valence-electron chi connectivity index (χ3n) is 4.52. The maximum atomic E-state index is 12.9. The van der Waals surface area contributed by atoms with Crippen LogP contribution >= 0.6 is 0 Å². The van der Waals surface area contributed by atoms with Gasteiger partial charge in [-0.1, -0.05) is 18.2 Å². The minimum atomic E-state index is -0.902. The van der Waals surface area contributed by atoms with Crippen molar-refractivity contribution in [2.24, 2.45) is 0 Å². The highest BCUT2D eigenvalue weighted by molar-refractivity contribution is 6.01. The predicted octanol–water partition coefficient (Wildman–Crippen LogP) is 3.17. The molecule has 1 N–H and O–H groups in total. The number of hydrogen-bond donors (Lipinski definition) is 1. The van der Waals surface area contributed by atoms with Crippen LogP contribution < -0.4 is 10.2 Å². The number of nitrogens with zero attached hydrogens (tertiary/aromatic N) is 1. The molecule has 0 saturated heterocycles. The molecule has 0 saturated carbocycles. The van der Waals surface area contributed by atoms with E-state index >= 15 is 0 Å². The number of amides is 2. The molecule has 0 spiro atoms. The lowest BCUT2D eigenvalue weighted by atomic mass is 10.1. The monoisotopic (exact) mass is 366 g/mol. The van der Waals surface area contributed by atoms with E-state index in [9.17, 15) is 14.4 Å². The minimum absolute atomic E-state index is 0.0213. The van der Waals surface area contributed by atoms with Crippen LogP contribution in [0.3, 0.4) is 0 Å². The average Bonchev–Trinajstić information content (AvgIpc) is 2.96. The van der Waals surface area contributed by atoms with Gasteiger partial charge in [0.05, 0.1) is 5.56 Å². The molecule has 0 bridgehead atoms. The van der Waals surface area contributed by atoms with Gasteiger partial charge in [0.25, 0.3) is 5.91 Å². The van der Waals surface area contributed by atoms with Crippen LogP contribution in [-0.2, 0) is 20.7 Å². The van der Waals surface area contributed by atoms with E-state index in [4.69, 9.17) is 4.74 Å². The van der Waals surface area contributed by atoms with Crippen LogP contribution in [-0.4, -0.2) is 29.9 Å². The molecule has 2 amide bonds. The van der Waals surface area contributed by atoms with Crippen molar-refractivity contribution in [2.45, 2.75) is 39.3 Å². The minimum Gasteiger partial charge on any atom is -0.449 e. The summed E-state index contributed by atoms with van der Waals surface area (Å²) in [6, 6.07) is 14.1. The fourth-order valence-corrected chi connectivity index (χ4v) is 3.27. The number of carbonyl (C=O) groups is 3. The van der Waals surface area contributed by atoms with Crippen molar-refractivity contribution in [3.63, 3.8) is 0 Å². The number of para-hydroxylation sites is 1. The Morgan fingerprint density at radius 1 is 1.11 bits per heavy atom. The van der Waals surface area contributed by atoms with Gasteiger partial charge in [0, 0.05) is 24.3 Å². The molecule has 0 aromatic heterocycles. The van der Waals surface area contributed by atoms with Gasteiger partial charge in [-0.2, -0.15) is 0 Å². The second kappa shape index (κ2) is 7.61. The molecule has 0 radical (unpaired) electrons. The maximum absolute atomic E-state index is 12.9. The van der Waals surface area contributed by atoms with E-state index in [1.165, 1.54) is 6.92 Å². The Labute approximate surface area is 158 Å². The van der Waals surface area contributed by atoms with E-state index in [-0.39, 0.29) is 17.9 Å². The lowest BCUT2D eigenvalue weighted by Crippen LogP contribution is -2.43. The number of carbonyl (C=O) groups excluding carboxylic acids is 3. The number of fused-ring (bicyclic) bond motifs is 1. The summed E-state index contributed by atoms with van der Waals surface area (Å²) in [5.74, 6) is -1.01. The molecule has 140 valence electrons. The summed E-state index contributed by atoms with van der Waals surface area (Å²) in [6.07, 6.45) is -0.117. The molecule has 2 aromatic carbocycles. The molecule has 3 rings (SSSR count). The van der Waals surface area contributed by atoms with Gasteiger partial charge < -0.3 is 15.0 Å². The largest absolute Gasteiger partial charge is 0.449 e. The summed E-state index contributed by atoms with van der Waals surface area (Å²) in [6.45, 7) is 4.97. The lowest BCUT2D eigenvalue weighted by molar-refractivity contribution is -0.126. The van der Waals surface area contributed by atoms with E-state index in [1.807, 2.05) is 31.2 Å². The maximum Gasteiger partial charge on any atom is 0.338 e. The quantitative estimate of drug-likeness (QED) is 0.844. The van der Waals surface area contributed by atoms with Crippen LogP contribution in [0.25, 0.3) is 0 Å². The van der Waals surface area contributed by atoms with Crippen molar-refractivity contribution in [2.75, 3.05) is 10.2 Å². The van der Waals surface area contributed by atoms with E-state index in [0.717, 1.165) is 17.7 Å². The third-order valence-corrected chi connectivity index (χ3v) is 4.52. The first kappa shape index (κ1) is 18.6. The second-order valence-corrected chi connectivity index (χ2v) is 6.70. The van der Waals surface area contributed by atoms with E-state index in [1.54, 1.807) is 36.1 Å². The average molecular weight is 366 g/mol. The topological polar surface area (TPSA) is 75.7 Å². The number of benzene rings is 2. The molecule has 0 unspecified atom stereocenters. The predicted molar refractivity (Wildman–Crippen MR) is 103 cm³/mol. The zero-order valence-corrected chi connectivity index (χ0v) is 15.6. The van der Waals surface area contributed by atoms with Crippen molar-refractivity contribution in [3.05, 3.63) is 59.7 Å². The molecule has 1 aliphatic rings. The molecule has 0 fully saturated rings. The van der Waals surface area contributed by atoms with Crippen molar-refractivity contribution < 1.29 is 19.1 Å². The number of esters is 1. The number of ether oxygens (including phenoxy) is 1. The van der Waals surface area contributed by atoms with Gasteiger partial charge in [0.1, 0.15) is 0 Å². The Kier molecular flexibility index (Phi) is 5.26. The summed E-state index contributed by atoms with van der Waals surface area (Å²) >= 11 is 0. The molecule has 2 aromatic rings. The Hall–Kier alpha value is -3.15. The molecule has 6 heteroatoms. The number of hydrogen-bond acceptors (Lipinski definition) is 4. The smallest absolute Gasteiger partial charge is 0.338 e. The SMILES string of the molecule is CC(=O)Nc1ccc(C(=O)O[C@@H](C)C(=O)N2c3ccccc3C[C@@H]2C)cc1. The lowest BCUT2D eigenvalue weighted by Gasteiger charge is -2.26. The van der Waals surface area contributed by atoms with Crippen LogP contribution in [0.4, 0.5) is 11.4 Å². The Morgan fingerprint density at radius 3 is 2.44 bits per heavy atom. The molecule has 0 aliphatic carbocycles. The Morgan fingerprint density at radius 2 is 1.78 bits per heavy atom. The van der Waals surface area contributed by atoms with Crippen LogP contribution in [0, 0.1) is 0 Å². The molecule has 6 nitrogen and oxygen atoms in total. The Bertz CT molecular complexity index is 876. The van der Waals surface area contributed by atoms with Crippen LogP contribution in [0.1, 0.15) is 36.7 Å². The van der Waals surface area contributed by atoms with Crippen molar-refractivity contribution in [1.29, 1.82) is 0 Å². The van der Waals surface area contributed by atoms with Crippen LogP contribution in [0.5, 0.6) is 0 Å². The number of anilines is 2. The summed E-state index contributed by atoms with van der Waals surface area (Å²) in [4.78, 5) is 38.0. The van der Waals surface area contributed by atoms with Crippen LogP contribution in [0.15, 0.2) is 48.5 Å². The summed E-state index contributed by atoms with van der Waals surface area (Å²) in [5, 5.41) is 2.63.